The van der Waals surface area contributed by atoms with Gasteiger partial charge in [-0.1, -0.05) is 29.8 Å². The number of hydrogen-bond acceptors (Lipinski definition) is 2. The van der Waals surface area contributed by atoms with Gasteiger partial charge in [0, 0.05) is 20.6 Å². The van der Waals surface area contributed by atoms with E-state index in [4.69, 9.17) is 0 Å². The second-order valence-corrected chi connectivity index (χ2v) is 4.81. The molecule has 0 bridgehead atoms. The first-order valence-electron chi connectivity index (χ1n) is 5.88. The fourth-order valence-electron chi connectivity index (χ4n) is 1.68. The zero-order chi connectivity index (χ0) is 13.0. The van der Waals surface area contributed by atoms with Crippen molar-refractivity contribution >= 4 is 5.91 Å². The molecule has 0 fully saturated rings. The number of rotatable bonds is 4. The average Bonchev–Trinajstić information content (AvgIpc) is 2.30. The predicted molar refractivity (Wildman–Crippen MR) is 70.8 cm³/mol. The molecule has 1 rings (SSSR count). The molecule has 0 aliphatic rings. The molecular formula is C14H22N2O. The van der Waals surface area contributed by atoms with Crippen molar-refractivity contribution in [3.8, 4) is 0 Å². The number of benzene rings is 1. The maximum Gasteiger partial charge on any atom is 0.239 e. The highest BCUT2D eigenvalue weighted by atomic mass is 16.2. The van der Waals surface area contributed by atoms with Crippen LogP contribution in [0.5, 0.6) is 0 Å². The van der Waals surface area contributed by atoms with E-state index in [1.165, 1.54) is 11.1 Å². The molecule has 94 valence electrons. The Labute approximate surface area is 104 Å². The van der Waals surface area contributed by atoms with Crippen LogP contribution < -0.4 is 0 Å². The molecule has 0 N–H and O–H groups in total. The van der Waals surface area contributed by atoms with Gasteiger partial charge in [0.15, 0.2) is 0 Å². The average molecular weight is 234 g/mol. The van der Waals surface area contributed by atoms with E-state index in [-0.39, 0.29) is 11.9 Å². The van der Waals surface area contributed by atoms with Gasteiger partial charge in [-0.3, -0.25) is 9.69 Å². The first kappa shape index (κ1) is 13.7. The highest BCUT2D eigenvalue weighted by Crippen LogP contribution is 2.09. The molecule has 3 heteroatoms. The Kier molecular flexibility index (Phi) is 4.70. The summed E-state index contributed by atoms with van der Waals surface area (Å²) in [4.78, 5) is 15.5. The Morgan fingerprint density at radius 1 is 1.18 bits per heavy atom. The van der Waals surface area contributed by atoms with E-state index < -0.39 is 0 Å². The lowest BCUT2D eigenvalue weighted by atomic mass is 10.1. The molecule has 0 aromatic heterocycles. The van der Waals surface area contributed by atoms with Gasteiger partial charge in [0.25, 0.3) is 0 Å². The van der Waals surface area contributed by atoms with E-state index in [1.807, 2.05) is 14.0 Å². The van der Waals surface area contributed by atoms with Crippen LogP contribution in [0.1, 0.15) is 18.1 Å². The van der Waals surface area contributed by atoms with Gasteiger partial charge in [0.2, 0.25) is 5.91 Å². The van der Waals surface area contributed by atoms with E-state index in [0.717, 1.165) is 6.54 Å². The van der Waals surface area contributed by atoms with Gasteiger partial charge in [-0.2, -0.15) is 0 Å². The maximum absolute atomic E-state index is 11.8. The van der Waals surface area contributed by atoms with Crippen LogP contribution in [-0.4, -0.2) is 42.9 Å². The van der Waals surface area contributed by atoms with Crippen molar-refractivity contribution in [2.75, 3.05) is 21.1 Å². The summed E-state index contributed by atoms with van der Waals surface area (Å²) in [7, 11) is 5.56. The molecule has 0 aliphatic heterocycles. The second-order valence-electron chi connectivity index (χ2n) is 4.81. The molecule has 0 aliphatic carbocycles. The van der Waals surface area contributed by atoms with E-state index in [0.29, 0.717) is 0 Å². The number of hydrogen-bond donors (Lipinski definition) is 0. The summed E-state index contributed by atoms with van der Waals surface area (Å²) in [5.41, 5.74) is 2.49. The lowest BCUT2D eigenvalue weighted by molar-refractivity contribution is -0.133. The lowest BCUT2D eigenvalue weighted by Gasteiger charge is -2.26. The van der Waals surface area contributed by atoms with Gasteiger partial charge < -0.3 is 4.90 Å². The Balaban J connectivity index is 2.62. The number of likely N-dealkylation sites (N-methyl/N-ethyl adjacent to an activating group) is 2. The molecule has 1 aromatic rings. The van der Waals surface area contributed by atoms with Crippen LogP contribution in [0, 0.1) is 6.92 Å². The fraction of sp³-hybridized carbons (Fsp3) is 0.500. The molecule has 0 saturated heterocycles. The van der Waals surface area contributed by atoms with E-state index in [2.05, 4.69) is 36.1 Å². The zero-order valence-electron chi connectivity index (χ0n) is 11.4. The molecule has 0 saturated carbocycles. The minimum atomic E-state index is -0.0914. The van der Waals surface area contributed by atoms with E-state index in [9.17, 15) is 4.79 Å². The van der Waals surface area contributed by atoms with Crippen molar-refractivity contribution in [3.05, 3.63) is 35.4 Å². The number of amides is 1. The molecule has 17 heavy (non-hydrogen) atoms. The SMILES string of the molecule is Cc1ccc(CN(C)C(C)C(=O)N(C)C)cc1. The standard InChI is InChI=1S/C14H22N2O/c1-11-6-8-13(9-7-11)10-16(5)12(2)14(17)15(3)4/h6-9,12H,10H2,1-5H3. The molecular weight excluding hydrogens is 212 g/mol. The first-order valence-corrected chi connectivity index (χ1v) is 5.88. The minimum Gasteiger partial charge on any atom is -0.347 e. The normalized spacial score (nSPS) is 12.6. The summed E-state index contributed by atoms with van der Waals surface area (Å²) in [6, 6.07) is 8.33. The summed E-state index contributed by atoms with van der Waals surface area (Å²) in [6.07, 6.45) is 0. The number of aryl methyl sites for hydroxylation is 1. The predicted octanol–water partition coefficient (Wildman–Crippen LogP) is 1.90. The Hall–Kier alpha value is -1.35. The van der Waals surface area contributed by atoms with Crippen LogP contribution in [-0.2, 0) is 11.3 Å². The summed E-state index contributed by atoms with van der Waals surface area (Å²) < 4.78 is 0. The van der Waals surface area contributed by atoms with E-state index >= 15 is 0 Å². The van der Waals surface area contributed by atoms with Gasteiger partial charge in [0.1, 0.15) is 0 Å². The van der Waals surface area contributed by atoms with Gasteiger partial charge >= 0.3 is 0 Å². The third-order valence-corrected chi connectivity index (χ3v) is 3.01. The van der Waals surface area contributed by atoms with Crippen LogP contribution >= 0.6 is 0 Å². The Morgan fingerprint density at radius 3 is 2.18 bits per heavy atom. The third-order valence-electron chi connectivity index (χ3n) is 3.01. The lowest BCUT2D eigenvalue weighted by Crippen LogP contribution is -2.42. The summed E-state index contributed by atoms with van der Waals surface area (Å²) in [5.74, 6) is 0.139. The van der Waals surface area contributed by atoms with Crippen molar-refractivity contribution in [2.24, 2.45) is 0 Å². The van der Waals surface area contributed by atoms with Crippen LogP contribution in [0.4, 0.5) is 0 Å². The molecule has 0 radical (unpaired) electrons. The fourth-order valence-corrected chi connectivity index (χ4v) is 1.68. The molecule has 1 unspecified atom stereocenters. The Morgan fingerprint density at radius 2 is 1.71 bits per heavy atom. The topological polar surface area (TPSA) is 23.6 Å². The smallest absolute Gasteiger partial charge is 0.239 e. The molecule has 1 amide bonds. The van der Waals surface area contributed by atoms with Crippen molar-refractivity contribution < 1.29 is 4.79 Å². The zero-order valence-corrected chi connectivity index (χ0v) is 11.4. The summed E-state index contributed by atoms with van der Waals surface area (Å²) in [6.45, 7) is 4.81. The minimum absolute atomic E-state index is 0.0914. The van der Waals surface area contributed by atoms with Crippen molar-refractivity contribution in [3.63, 3.8) is 0 Å². The summed E-state index contributed by atoms with van der Waals surface area (Å²) in [5, 5.41) is 0. The largest absolute Gasteiger partial charge is 0.347 e. The second kappa shape index (κ2) is 5.82. The molecule has 0 heterocycles. The van der Waals surface area contributed by atoms with Crippen molar-refractivity contribution in [1.29, 1.82) is 0 Å². The van der Waals surface area contributed by atoms with Crippen molar-refractivity contribution in [1.82, 2.24) is 9.80 Å². The van der Waals surface area contributed by atoms with Crippen LogP contribution in [0.25, 0.3) is 0 Å². The van der Waals surface area contributed by atoms with Crippen LogP contribution in [0.3, 0.4) is 0 Å². The van der Waals surface area contributed by atoms with Crippen LogP contribution in [0.15, 0.2) is 24.3 Å². The number of carbonyl (C=O) groups excluding carboxylic acids is 1. The summed E-state index contributed by atoms with van der Waals surface area (Å²) >= 11 is 0. The van der Waals surface area contributed by atoms with Gasteiger partial charge in [-0.15, -0.1) is 0 Å². The Bertz CT molecular complexity index is 370. The highest BCUT2D eigenvalue weighted by molar-refractivity contribution is 5.80. The highest BCUT2D eigenvalue weighted by Gasteiger charge is 2.19. The van der Waals surface area contributed by atoms with Gasteiger partial charge in [-0.25, -0.2) is 0 Å². The third kappa shape index (κ3) is 3.86. The van der Waals surface area contributed by atoms with Gasteiger partial charge in [-0.05, 0) is 26.5 Å². The maximum atomic E-state index is 11.8. The quantitative estimate of drug-likeness (QED) is 0.794. The van der Waals surface area contributed by atoms with Crippen molar-refractivity contribution in [2.45, 2.75) is 26.4 Å². The number of carbonyl (C=O) groups is 1. The molecule has 1 atom stereocenters. The monoisotopic (exact) mass is 234 g/mol. The molecule has 1 aromatic carbocycles. The van der Waals surface area contributed by atoms with Gasteiger partial charge in [0.05, 0.1) is 6.04 Å². The molecule has 3 nitrogen and oxygen atoms in total. The van der Waals surface area contributed by atoms with Crippen LogP contribution in [0.2, 0.25) is 0 Å². The number of nitrogens with zero attached hydrogens (tertiary/aromatic N) is 2. The molecule has 0 spiro atoms. The first-order chi connectivity index (χ1) is 7.91. The van der Waals surface area contributed by atoms with E-state index in [1.54, 1.807) is 19.0 Å².